The molecule has 2 rings (SSSR count). The zero-order valence-corrected chi connectivity index (χ0v) is 13.3. The Morgan fingerprint density at radius 3 is 2.05 bits per heavy atom. The molecule has 2 nitrogen and oxygen atoms in total. The van der Waals surface area contributed by atoms with E-state index in [0.717, 1.165) is 12.8 Å². The van der Waals surface area contributed by atoms with Crippen LogP contribution in [0.25, 0.3) is 0 Å². The van der Waals surface area contributed by atoms with Gasteiger partial charge < -0.3 is 5.11 Å². The highest BCUT2D eigenvalue weighted by molar-refractivity contribution is 6.34. The first-order valence-electron chi connectivity index (χ1n) is 6.83. The molecule has 0 heterocycles. The fourth-order valence-electron chi connectivity index (χ4n) is 2.87. The molecule has 108 valence electrons. The lowest BCUT2D eigenvalue weighted by atomic mass is 9.62. The Kier molecular flexibility index (Phi) is 4.35. The third kappa shape index (κ3) is 3.11. The van der Waals surface area contributed by atoms with Crippen molar-refractivity contribution in [3.8, 4) is 6.07 Å². The molecular formula is C16H19Cl2NO. The molecule has 1 aliphatic carbocycles. The molecule has 1 aliphatic rings. The molecule has 1 atom stereocenters. The van der Waals surface area contributed by atoms with E-state index < -0.39 is 11.5 Å². The Hall–Kier alpha value is -0.750. The minimum Gasteiger partial charge on any atom is -0.387 e. The van der Waals surface area contributed by atoms with Crippen molar-refractivity contribution in [1.29, 1.82) is 5.26 Å². The van der Waals surface area contributed by atoms with Crippen LogP contribution < -0.4 is 0 Å². The second-order valence-electron chi connectivity index (χ2n) is 6.54. The highest BCUT2D eigenvalue weighted by Gasteiger charge is 2.44. The quantitative estimate of drug-likeness (QED) is 0.822. The SMILES string of the molecule is CC1(C)CCC(C#N)(C(O)c2cc(Cl)cc(Cl)c2)CC1. The number of nitriles is 1. The predicted molar refractivity (Wildman–Crippen MR) is 81.7 cm³/mol. The summed E-state index contributed by atoms with van der Waals surface area (Å²) in [6.07, 6.45) is 2.42. The molecule has 0 radical (unpaired) electrons. The molecule has 0 amide bonds. The lowest BCUT2D eigenvalue weighted by Gasteiger charge is -2.42. The van der Waals surface area contributed by atoms with Gasteiger partial charge in [0.25, 0.3) is 0 Å². The molecule has 1 saturated carbocycles. The van der Waals surface area contributed by atoms with Crippen LogP contribution in [0, 0.1) is 22.2 Å². The molecule has 0 spiro atoms. The van der Waals surface area contributed by atoms with Crippen LogP contribution in [-0.2, 0) is 0 Å². The van der Waals surface area contributed by atoms with Crippen LogP contribution in [0.3, 0.4) is 0 Å². The first kappa shape index (κ1) is 15.6. The average molecular weight is 312 g/mol. The molecule has 0 saturated heterocycles. The highest BCUT2D eigenvalue weighted by Crippen LogP contribution is 2.51. The van der Waals surface area contributed by atoms with Crippen molar-refractivity contribution < 1.29 is 5.11 Å². The van der Waals surface area contributed by atoms with Crippen molar-refractivity contribution in [2.24, 2.45) is 10.8 Å². The maximum atomic E-state index is 10.7. The molecule has 0 bridgehead atoms. The van der Waals surface area contributed by atoms with Gasteiger partial charge in [-0.15, -0.1) is 0 Å². The molecule has 1 N–H and O–H groups in total. The van der Waals surface area contributed by atoms with Gasteiger partial charge in [0.1, 0.15) is 0 Å². The van der Waals surface area contributed by atoms with E-state index in [1.165, 1.54) is 0 Å². The third-order valence-electron chi connectivity index (χ3n) is 4.44. The summed E-state index contributed by atoms with van der Waals surface area (Å²) in [6, 6.07) is 7.37. The molecule has 1 unspecified atom stereocenters. The topological polar surface area (TPSA) is 44.0 Å². The summed E-state index contributed by atoms with van der Waals surface area (Å²) in [6.45, 7) is 4.41. The molecule has 0 aliphatic heterocycles. The Bertz CT molecular complexity index is 518. The van der Waals surface area contributed by atoms with Crippen molar-refractivity contribution in [2.75, 3.05) is 0 Å². The Balaban J connectivity index is 2.30. The van der Waals surface area contributed by atoms with E-state index in [1.807, 2.05) is 0 Å². The van der Waals surface area contributed by atoms with Crippen LogP contribution in [0.1, 0.15) is 51.2 Å². The molecule has 1 aromatic carbocycles. The number of benzene rings is 1. The molecule has 4 heteroatoms. The van der Waals surface area contributed by atoms with Gasteiger partial charge in [0.05, 0.1) is 17.6 Å². The van der Waals surface area contributed by atoms with Crippen molar-refractivity contribution in [1.82, 2.24) is 0 Å². The maximum absolute atomic E-state index is 10.7. The van der Waals surface area contributed by atoms with Crippen molar-refractivity contribution in [3.63, 3.8) is 0 Å². The second kappa shape index (κ2) is 5.56. The van der Waals surface area contributed by atoms with E-state index in [1.54, 1.807) is 18.2 Å². The summed E-state index contributed by atoms with van der Waals surface area (Å²) in [5.41, 5.74) is 0.138. The van der Waals surface area contributed by atoms with Gasteiger partial charge >= 0.3 is 0 Å². The summed E-state index contributed by atoms with van der Waals surface area (Å²) in [5.74, 6) is 0. The van der Waals surface area contributed by atoms with Crippen molar-refractivity contribution in [3.05, 3.63) is 33.8 Å². The minimum atomic E-state index is -0.847. The summed E-state index contributed by atoms with van der Waals surface area (Å²) in [5, 5.41) is 21.2. The number of nitrogens with zero attached hydrogens (tertiary/aromatic N) is 1. The minimum absolute atomic E-state index is 0.242. The molecule has 1 fully saturated rings. The smallest absolute Gasteiger partial charge is 0.0977 e. The molecular weight excluding hydrogens is 293 g/mol. The Morgan fingerprint density at radius 1 is 1.10 bits per heavy atom. The second-order valence-corrected chi connectivity index (χ2v) is 7.41. The van der Waals surface area contributed by atoms with Crippen molar-refractivity contribution in [2.45, 2.75) is 45.6 Å². The van der Waals surface area contributed by atoms with Gasteiger partial charge in [-0.1, -0.05) is 37.0 Å². The zero-order valence-electron chi connectivity index (χ0n) is 11.8. The lowest BCUT2D eigenvalue weighted by Crippen LogP contribution is -2.35. The summed E-state index contributed by atoms with van der Waals surface area (Å²) in [4.78, 5) is 0. The van der Waals surface area contributed by atoms with E-state index in [0.29, 0.717) is 28.5 Å². The largest absolute Gasteiger partial charge is 0.387 e. The molecule has 1 aromatic rings. The monoisotopic (exact) mass is 311 g/mol. The summed E-state index contributed by atoms with van der Waals surface area (Å²) < 4.78 is 0. The van der Waals surface area contributed by atoms with Crippen LogP contribution in [0.2, 0.25) is 10.0 Å². The number of aliphatic hydroxyl groups excluding tert-OH is 1. The predicted octanol–water partition coefficient (Wildman–Crippen LogP) is 5.14. The first-order chi connectivity index (χ1) is 9.28. The van der Waals surface area contributed by atoms with Gasteiger partial charge in [-0.05, 0) is 54.9 Å². The zero-order chi connectivity index (χ0) is 15.0. The third-order valence-corrected chi connectivity index (χ3v) is 4.88. The number of hydrogen-bond donors (Lipinski definition) is 1. The Morgan fingerprint density at radius 2 is 1.60 bits per heavy atom. The Labute approximate surface area is 130 Å². The van der Waals surface area contributed by atoms with E-state index in [2.05, 4.69) is 19.9 Å². The van der Waals surface area contributed by atoms with E-state index >= 15 is 0 Å². The van der Waals surface area contributed by atoms with Gasteiger partial charge in [0, 0.05) is 10.0 Å². The summed E-state index contributed by atoms with van der Waals surface area (Å²) >= 11 is 12.0. The lowest BCUT2D eigenvalue weighted by molar-refractivity contribution is 0.00956. The van der Waals surface area contributed by atoms with Gasteiger partial charge in [-0.2, -0.15) is 5.26 Å². The average Bonchev–Trinajstić information content (AvgIpc) is 2.37. The van der Waals surface area contributed by atoms with Crippen LogP contribution in [-0.4, -0.2) is 5.11 Å². The maximum Gasteiger partial charge on any atom is 0.0977 e. The highest BCUT2D eigenvalue weighted by atomic mass is 35.5. The van der Waals surface area contributed by atoms with Gasteiger partial charge in [0.15, 0.2) is 0 Å². The number of hydrogen-bond acceptors (Lipinski definition) is 2. The fourth-order valence-corrected chi connectivity index (χ4v) is 3.41. The van der Waals surface area contributed by atoms with Gasteiger partial charge in [-0.25, -0.2) is 0 Å². The fraction of sp³-hybridized carbons (Fsp3) is 0.562. The standard InChI is InChI=1S/C16H19Cl2NO/c1-15(2)3-5-16(10-19,6-4-15)14(20)11-7-12(17)9-13(18)8-11/h7-9,14,20H,3-6H2,1-2H3. The number of halogens is 2. The van der Waals surface area contributed by atoms with Crippen molar-refractivity contribution >= 4 is 23.2 Å². The van der Waals surface area contributed by atoms with Crippen LogP contribution >= 0.6 is 23.2 Å². The van der Waals surface area contributed by atoms with Crippen LogP contribution in [0.4, 0.5) is 0 Å². The number of aliphatic hydroxyl groups is 1. The van der Waals surface area contributed by atoms with Gasteiger partial charge in [0.2, 0.25) is 0 Å². The van der Waals surface area contributed by atoms with E-state index in [-0.39, 0.29) is 5.41 Å². The number of rotatable bonds is 2. The normalized spacial score (nSPS) is 22.0. The molecule has 0 aromatic heterocycles. The van der Waals surface area contributed by atoms with Gasteiger partial charge in [-0.3, -0.25) is 0 Å². The van der Waals surface area contributed by atoms with E-state index in [4.69, 9.17) is 23.2 Å². The van der Waals surface area contributed by atoms with Crippen LogP contribution in [0.5, 0.6) is 0 Å². The molecule has 20 heavy (non-hydrogen) atoms. The summed E-state index contributed by atoms with van der Waals surface area (Å²) in [7, 11) is 0. The van der Waals surface area contributed by atoms with E-state index in [9.17, 15) is 10.4 Å². The van der Waals surface area contributed by atoms with Crippen LogP contribution in [0.15, 0.2) is 18.2 Å². The first-order valence-corrected chi connectivity index (χ1v) is 7.59.